The molecule has 0 bridgehead atoms. The molecule has 1 heterocycles. The van der Waals surface area contributed by atoms with E-state index in [1.54, 1.807) is 6.20 Å². The molecular weight excluding hydrogens is 274 g/mol. The molecule has 1 aromatic heterocycles. The van der Waals surface area contributed by atoms with Gasteiger partial charge in [0.15, 0.2) is 0 Å². The molecule has 2 aromatic carbocycles. The molecule has 110 valence electrons. The second kappa shape index (κ2) is 5.30. The summed E-state index contributed by atoms with van der Waals surface area (Å²) in [5.74, 6) is -0.0736. The van der Waals surface area contributed by atoms with Crippen LogP contribution < -0.4 is 5.32 Å². The van der Waals surface area contributed by atoms with E-state index < -0.39 is 0 Å². The van der Waals surface area contributed by atoms with Crippen molar-refractivity contribution in [3.63, 3.8) is 0 Å². The minimum atomic E-state index is -0.0736. The van der Waals surface area contributed by atoms with Crippen molar-refractivity contribution in [1.29, 1.82) is 0 Å². The lowest BCUT2D eigenvalue weighted by molar-refractivity contribution is 0.102. The van der Waals surface area contributed by atoms with Crippen molar-refractivity contribution in [3.05, 3.63) is 59.3 Å². The third-order valence-corrected chi connectivity index (χ3v) is 4.34. The largest absolute Gasteiger partial charge is 0.320 e. The van der Waals surface area contributed by atoms with Crippen LogP contribution in [-0.2, 0) is 12.8 Å². The number of rotatable bonds is 2. The molecule has 1 amide bonds. The highest BCUT2D eigenvalue weighted by Gasteiger charge is 2.14. The Morgan fingerprint density at radius 3 is 2.86 bits per heavy atom. The molecule has 0 spiro atoms. The van der Waals surface area contributed by atoms with Crippen LogP contribution in [0, 0.1) is 0 Å². The number of hydrogen-bond donors (Lipinski definition) is 2. The van der Waals surface area contributed by atoms with Gasteiger partial charge in [0.2, 0.25) is 0 Å². The zero-order valence-electron chi connectivity index (χ0n) is 12.2. The maximum atomic E-state index is 12.5. The number of carbonyl (C=O) groups is 1. The Kier molecular flexibility index (Phi) is 3.15. The molecule has 4 heteroatoms. The maximum absolute atomic E-state index is 12.5. The fourth-order valence-corrected chi connectivity index (χ4v) is 3.14. The number of hydrogen-bond acceptors (Lipinski definition) is 2. The van der Waals surface area contributed by atoms with E-state index in [0.29, 0.717) is 0 Å². The molecule has 0 fully saturated rings. The standard InChI is InChI=1S/C18H17N3O/c22-18(14-9-8-12-4-1-2-5-13(12)10-14)20-16-7-3-6-15-11-19-21-17(15)16/h3,6-11H,1-2,4-5H2,(H,19,21)(H,20,22). The Labute approximate surface area is 128 Å². The number of H-pyrrole nitrogens is 1. The third-order valence-electron chi connectivity index (χ3n) is 4.34. The van der Waals surface area contributed by atoms with Crippen LogP contribution in [0.25, 0.3) is 10.9 Å². The van der Waals surface area contributed by atoms with Gasteiger partial charge in [0.1, 0.15) is 0 Å². The number of amides is 1. The fraction of sp³-hybridized carbons (Fsp3) is 0.222. The number of nitrogens with one attached hydrogen (secondary N) is 2. The van der Waals surface area contributed by atoms with Crippen LogP contribution in [0.15, 0.2) is 42.6 Å². The first-order valence-corrected chi connectivity index (χ1v) is 7.66. The van der Waals surface area contributed by atoms with E-state index >= 15 is 0 Å². The predicted molar refractivity (Wildman–Crippen MR) is 87.1 cm³/mol. The molecule has 0 radical (unpaired) electrons. The number of aromatic nitrogens is 2. The van der Waals surface area contributed by atoms with Crippen molar-refractivity contribution in [2.45, 2.75) is 25.7 Å². The summed E-state index contributed by atoms with van der Waals surface area (Å²) >= 11 is 0. The highest BCUT2D eigenvalue weighted by molar-refractivity contribution is 6.08. The van der Waals surface area contributed by atoms with Gasteiger partial charge in [0, 0.05) is 10.9 Å². The van der Waals surface area contributed by atoms with Gasteiger partial charge in [0.05, 0.1) is 17.4 Å². The Morgan fingerprint density at radius 2 is 1.95 bits per heavy atom. The molecule has 22 heavy (non-hydrogen) atoms. The van der Waals surface area contributed by atoms with E-state index in [0.717, 1.165) is 35.0 Å². The number of anilines is 1. The van der Waals surface area contributed by atoms with Crippen LogP contribution in [-0.4, -0.2) is 16.1 Å². The van der Waals surface area contributed by atoms with Gasteiger partial charge in [0.25, 0.3) is 5.91 Å². The first-order chi connectivity index (χ1) is 10.8. The molecule has 0 unspecified atom stereocenters. The second-order valence-corrected chi connectivity index (χ2v) is 5.78. The quantitative estimate of drug-likeness (QED) is 0.756. The van der Waals surface area contributed by atoms with Crippen LogP contribution in [0.5, 0.6) is 0 Å². The fourth-order valence-electron chi connectivity index (χ4n) is 3.14. The smallest absolute Gasteiger partial charge is 0.255 e. The Hall–Kier alpha value is -2.62. The lowest BCUT2D eigenvalue weighted by Gasteiger charge is -2.16. The molecule has 1 aliphatic carbocycles. The lowest BCUT2D eigenvalue weighted by atomic mass is 9.90. The Balaban J connectivity index is 1.63. The average molecular weight is 291 g/mol. The van der Waals surface area contributed by atoms with Gasteiger partial charge in [-0.15, -0.1) is 0 Å². The molecule has 0 atom stereocenters. The van der Waals surface area contributed by atoms with Crippen molar-refractivity contribution in [2.75, 3.05) is 5.32 Å². The van der Waals surface area contributed by atoms with E-state index in [9.17, 15) is 4.79 Å². The van der Waals surface area contributed by atoms with Crippen molar-refractivity contribution < 1.29 is 4.79 Å². The van der Waals surface area contributed by atoms with E-state index in [1.807, 2.05) is 30.3 Å². The molecule has 3 aromatic rings. The SMILES string of the molecule is O=C(Nc1cccc2cn[nH]c12)c1ccc2c(c1)CCCC2. The topological polar surface area (TPSA) is 57.8 Å². The van der Waals surface area contributed by atoms with Crippen LogP contribution in [0.3, 0.4) is 0 Å². The Morgan fingerprint density at radius 1 is 1.09 bits per heavy atom. The summed E-state index contributed by atoms with van der Waals surface area (Å²) in [5.41, 5.74) is 5.04. The highest BCUT2D eigenvalue weighted by atomic mass is 16.1. The first-order valence-electron chi connectivity index (χ1n) is 7.66. The number of aromatic amines is 1. The molecule has 4 nitrogen and oxygen atoms in total. The van der Waals surface area contributed by atoms with Gasteiger partial charge in [-0.1, -0.05) is 18.2 Å². The number of benzene rings is 2. The van der Waals surface area contributed by atoms with E-state index in [4.69, 9.17) is 0 Å². The molecule has 0 aliphatic heterocycles. The number of para-hydroxylation sites is 1. The molecule has 4 rings (SSSR count). The van der Waals surface area contributed by atoms with Crippen molar-refractivity contribution in [1.82, 2.24) is 10.2 Å². The molecule has 0 saturated heterocycles. The lowest BCUT2D eigenvalue weighted by Crippen LogP contribution is -2.14. The number of carbonyl (C=O) groups excluding carboxylic acids is 1. The number of nitrogens with zero attached hydrogens (tertiary/aromatic N) is 1. The van der Waals surface area contributed by atoms with Crippen molar-refractivity contribution in [2.24, 2.45) is 0 Å². The van der Waals surface area contributed by atoms with Crippen LogP contribution in [0.2, 0.25) is 0 Å². The summed E-state index contributed by atoms with van der Waals surface area (Å²) in [6, 6.07) is 11.8. The van der Waals surface area contributed by atoms with Crippen LogP contribution in [0.4, 0.5) is 5.69 Å². The minimum Gasteiger partial charge on any atom is -0.320 e. The van der Waals surface area contributed by atoms with Gasteiger partial charge in [-0.2, -0.15) is 5.10 Å². The van der Waals surface area contributed by atoms with Crippen molar-refractivity contribution >= 4 is 22.5 Å². The van der Waals surface area contributed by atoms with E-state index in [2.05, 4.69) is 21.6 Å². The summed E-state index contributed by atoms with van der Waals surface area (Å²) in [6.45, 7) is 0. The Bertz CT molecular complexity index is 850. The summed E-state index contributed by atoms with van der Waals surface area (Å²) < 4.78 is 0. The second-order valence-electron chi connectivity index (χ2n) is 5.78. The van der Waals surface area contributed by atoms with Gasteiger partial charge < -0.3 is 5.32 Å². The first kappa shape index (κ1) is 13.1. The highest BCUT2D eigenvalue weighted by Crippen LogP contribution is 2.24. The minimum absolute atomic E-state index is 0.0736. The summed E-state index contributed by atoms with van der Waals surface area (Å²) in [5, 5.41) is 10.9. The zero-order valence-corrected chi connectivity index (χ0v) is 12.2. The molecule has 1 aliphatic rings. The van der Waals surface area contributed by atoms with Crippen molar-refractivity contribution in [3.8, 4) is 0 Å². The number of fused-ring (bicyclic) bond motifs is 2. The van der Waals surface area contributed by atoms with Gasteiger partial charge in [-0.25, -0.2) is 0 Å². The molecular formula is C18H17N3O. The van der Waals surface area contributed by atoms with E-state index in [-0.39, 0.29) is 5.91 Å². The summed E-state index contributed by atoms with van der Waals surface area (Å²) in [7, 11) is 0. The molecule has 0 saturated carbocycles. The van der Waals surface area contributed by atoms with Gasteiger partial charge in [-0.05, 0) is 55.0 Å². The van der Waals surface area contributed by atoms with E-state index in [1.165, 1.54) is 24.0 Å². The predicted octanol–water partition coefficient (Wildman–Crippen LogP) is 3.69. The summed E-state index contributed by atoms with van der Waals surface area (Å²) in [4.78, 5) is 12.5. The monoisotopic (exact) mass is 291 g/mol. The summed E-state index contributed by atoms with van der Waals surface area (Å²) in [6.07, 6.45) is 6.42. The normalized spacial score (nSPS) is 13.8. The van der Waals surface area contributed by atoms with Crippen LogP contribution >= 0.6 is 0 Å². The zero-order chi connectivity index (χ0) is 14.9. The molecule has 2 N–H and O–H groups in total. The van der Waals surface area contributed by atoms with Gasteiger partial charge in [-0.3, -0.25) is 9.89 Å². The number of aryl methyl sites for hydroxylation is 2. The maximum Gasteiger partial charge on any atom is 0.255 e. The van der Waals surface area contributed by atoms with Crippen LogP contribution in [0.1, 0.15) is 34.3 Å². The average Bonchev–Trinajstić information content (AvgIpc) is 3.04. The third kappa shape index (κ3) is 2.26. The van der Waals surface area contributed by atoms with Gasteiger partial charge >= 0.3 is 0 Å².